The summed E-state index contributed by atoms with van der Waals surface area (Å²) < 4.78 is 10.2. The predicted octanol–water partition coefficient (Wildman–Crippen LogP) is 2.11. The van der Waals surface area contributed by atoms with Crippen molar-refractivity contribution in [2.75, 3.05) is 26.9 Å². The molecule has 1 amide bonds. The molecule has 1 atom stereocenters. The zero-order valence-corrected chi connectivity index (χ0v) is 13.3. The van der Waals surface area contributed by atoms with Crippen molar-refractivity contribution in [2.24, 2.45) is 0 Å². The fourth-order valence-electron chi connectivity index (χ4n) is 3.10. The highest BCUT2D eigenvalue weighted by atomic mass is 16.7. The maximum Gasteiger partial charge on any atom is 0.257 e. The number of likely N-dealkylation sites (tertiary alicyclic amines) is 1. The Balaban J connectivity index is 1.93. The second-order valence-corrected chi connectivity index (χ2v) is 5.71. The number of carbonyl (C=O) groups is 1. The van der Waals surface area contributed by atoms with Crippen LogP contribution in [0.15, 0.2) is 24.2 Å². The first kappa shape index (κ1) is 15.9. The average molecular weight is 294 g/mol. The molecule has 0 N–H and O–H groups in total. The molecule has 0 aromatic heterocycles. The fourth-order valence-corrected chi connectivity index (χ4v) is 3.10. The first-order valence-corrected chi connectivity index (χ1v) is 7.73. The van der Waals surface area contributed by atoms with Crippen molar-refractivity contribution in [3.05, 3.63) is 24.2 Å². The molecule has 5 nitrogen and oxygen atoms in total. The summed E-state index contributed by atoms with van der Waals surface area (Å²) in [7, 11) is 1.85. The first-order valence-electron chi connectivity index (χ1n) is 7.73. The van der Waals surface area contributed by atoms with Gasteiger partial charge in [-0.3, -0.25) is 9.69 Å². The standard InChI is InChI=1S/C16H26N2O3/c1-5-13(6-2)18-8-7-14(9-18)17(4)16(19)12(3)15-10-20-11-21-15/h10,13-14H,3,5-9,11H2,1-2,4H3. The molecular weight excluding hydrogens is 268 g/mol. The van der Waals surface area contributed by atoms with Gasteiger partial charge in [0.2, 0.25) is 6.79 Å². The zero-order valence-electron chi connectivity index (χ0n) is 13.3. The summed E-state index contributed by atoms with van der Waals surface area (Å²) >= 11 is 0. The van der Waals surface area contributed by atoms with Crippen molar-refractivity contribution in [3.63, 3.8) is 0 Å². The monoisotopic (exact) mass is 294 g/mol. The lowest BCUT2D eigenvalue weighted by atomic mass is 10.1. The van der Waals surface area contributed by atoms with Gasteiger partial charge in [-0.05, 0) is 19.3 Å². The summed E-state index contributed by atoms with van der Waals surface area (Å²) in [6.07, 6.45) is 4.79. The third kappa shape index (κ3) is 3.40. The molecule has 0 spiro atoms. The summed E-state index contributed by atoms with van der Waals surface area (Å²) in [5, 5.41) is 0. The lowest BCUT2D eigenvalue weighted by molar-refractivity contribution is -0.127. The highest BCUT2D eigenvalue weighted by Gasteiger charge is 2.32. The van der Waals surface area contributed by atoms with Crippen LogP contribution in [0.1, 0.15) is 33.1 Å². The van der Waals surface area contributed by atoms with E-state index in [2.05, 4.69) is 25.3 Å². The molecule has 5 heteroatoms. The summed E-state index contributed by atoms with van der Waals surface area (Å²) in [5.41, 5.74) is 0.371. The molecule has 0 radical (unpaired) electrons. The third-order valence-electron chi connectivity index (χ3n) is 4.55. The van der Waals surface area contributed by atoms with Crippen molar-refractivity contribution in [2.45, 2.75) is 45.2 Å². The van der Waals surface area contributed by atoms with E-state index in [0.717, 1.165) is 32.4 Å². The van der Waals surface area contributed by atoms with Crippen LogP contribution in [-0.2, 0) is 14.3 Å². The predicted molar refractivity (Wildman–Crippen MR) is 81.4 cm³/mol. The van der Waals surface area contributed by atoms with Crippen molar-refractivity contribution < 1.29 is 14.3 Å². The van der Waals surface area contributed by atoms with Gasteiger partial charge in [-0.2, -0.15) is 0 Å². The molecule has 2 heterocycles. The van der Waals surface area contributed by atoms with Crippen LogP contribution in [0.4, 0.5) is 0 Å². The van der Waals surface area contributed by atoms with Gasteiger partial charge in [-0.15, -0.1) is 0 Å². The number of hydrogen-bond acceptors (Lipinski definition) is 4. The largest absolute Gasteiger partial charge is 0.461 e. The molecule has 2 aliphatic heterocycles. The minimum Gasteiger partial charge on any atom is -0.461 e. The van der Waals surface area contributed by atoms with E-state index >= 15 is 0 Å². The molecule has 2 aliphatic rings. The Bertz CT molecular complexity index is 429. The van der Waals surface area contributed by atoms with E-state index in [9.17, 15) is 4.79 Å². The average Bonchev–Trinajstić information content (AvgIpc) is 3.18. The van der Waals surface area contributed by atoms with Gasteiger partial charge in [-0.25, -0.2) is 0 Å². The molecule has 2 rings (SSSR count). The molecule has 0 aromatic rings. The molecule has 1 fully saturated rings. The Kier molecular flexibility index (Phi) is 5.28. The van der Waals surface area contributed by atoms with Gasteiger partial charge in [0.25, 0.3) is 5.91 Å². The number of nitrogens with zero attached hydrogens (tertiary/aromatic N) is 2. The Hall–Kier alpha value is -1.49. The molecule has 0 bridgehead atoms. The number of likely N-dealkylation sites (N-methyl/N-ethyl adjacent to an activating group) is 1. The highest BCUT2D eigenvalue weighted by molar-refractivity contribution is 5.96. The van der Waals surface area contributed by atoms with Crippen LogP contribution < -0.4 is 0 Å². The van der Waals surface area contributed by atoms with E-state index in [-0.39, 0.29) is 18.7 Å². The maximum absolute atomic E-state index is 12.5. The zero-order chi connectivity index (χ0) is 15.4. The van der Waals surface area contributed by atoms with Crippen molar-refractivity contribution in [1.29, 1.82) is 0 Å². The Labute approximate surface area is 127 Å². The third-order valence-corrected chi connectivity index (χ3v) is 4.55. The van der Waals surface area contributed by atoms with Crippen molar-refractivity contribution >= 4 is 5.91 Å². The van der Waals surface area contributed by atoms with E-state index in [1.807, 2.05) is 7.05 Å². The van der Waals surface area contributed by atoms with E-state index in [1.165, 1.54) is 6.26 Å². The lowest BCUT2D eigenvalue weighted by Gasteiger charge is -2.28. The van der Waals surface area contributed by atoms with Gasteiger partial charge in [0.1, 0.15) is 6.26 Å². The highest BCUT2D eigenvalue weighted by Crippen LogP contribution is 2.23. The van der Waals surface area contributed by atoms with Gasteiger partial charge in [0, 0.05) is 32.2 Å². The Morgan fingerprint density at radius 3 is 2.81 bits per heavy atom. The van der Waals surface area contributed by atoms with E-state index in [1.54, 1.807) is 4.90 Å². The SMILES string of the molecule is C=C(C(=O)N(C)C1CCN(C(CC)CC)C1)C1=COCO1. The van der Waals surface area contributed by atoms with Crippen LogP contribution in [0.25, 0.3) is 0 Å². The minimum absolute atomic E-state index is 0.0804. The summed E-state index contributed by atoms with van der Waals surface area (Å²) in [5.74, 6) is 0.366. The van der Waals surface area contributed by atoms with E-state index < -0.39 is 0 Å². The van der Waals surface area contributed by atoms with Crippen molar-refractivity contribution in [1.82, 2.24) is 9.80 Å². The second kappa shape index (κ2) is 6.98. The van der Waals surface area contributed by atoms with Crippen LogP contribution in [0.2, 0.25) is 0 Å². The number of rotatable bonds is 6. The van der Waals surface area contributed by atoms with Crippen LogP contribution in [0.5, 0.6) is 0 Å². The van der Waals surface area contributed by atoms with Crippen molar-refractivity contribution in [3.8, 4) is 0 Å². The van der Waals surface area contributed by atoms with Gasteiger partial charge in [-0.1, -0.05) is 20.4 Å². The molecule has 118 valence electrons. The lowest BCUT2D eigenvalue weighted by Crippen LogP contribution is -2.41. The van der Waals surface area contributed by atoms with Gasteiger partial charge in [0.15, 0.2) is 5.76 Å². The smallest absolute Gasteiger partial charge is 0.257 e. The molecule has 0 saturated carbocycles. The van der Waals surface area contributed by atoms with Crippen LogP contribution in [-0.4, -0.2) is 54.7 Å². The van der Waals surface area contributed by atoms with Crippen LogP contribution >= 0.6 is 0 Å². The van der Waals surface area contributed by atoms with Crippen LogP contribution in [0, 0.1) is 0 Å². The first-order chi connectivity index (χ1) is 10.1. The van der Waals surface area contributed by atoms with Gasteiger partial charge < -0.3 is 14.4 Å². The molecule has 21 heavy (non-hydrogen) atoms. The molecule has 1 unspecified atom stereocenters. The maximum atomic E-state index is 12.5. The quantitative estimate of drug-likeness (QED) is 0.704. The normalized spacial score (nSPS) is 21.9. The Morgan fingerprint density at radius 1 is 1.52 bits per heavy atom. The van der Waals surface area contributed by atoms with E-state index in [0.29, 0.717) is 17.4 Å². The summed E-state index contributed by atoms with van der Waals surface area (Å²) in [6.45, 7) is 10.5. The number of carbonyl (C=O) groups excluding carboxylic acids is 1. The number of ether oxygens (including phenoxy) is 2. The second-order valence-electron chi connectivity index (χ2n) is 5.71. The number of hydrogen-bond donors (Lipinski definition) is 0. The van der Waals surface area contributed by atoms with E-state index in [4.69, 9.17) is 9.47 Å². The Morgan fingerprint density at radius 2 is 2.24 bits per heavy atom. The van der Waals surface area contributed by atoms with Gasteiger partial charge >= 0.3 is 0 Å². The molecular formula is C16H26N2O3. The molecule has 0 aromatic carbocycles. The summed E-state index contributed by atoms with van der Waals surface area (Å²) in [6, 6.07) is 0.869. The summed E-state index contributed by atoms with van der Waals surface area (Å²) in [4.78, 5) is 16.8. The molecule has 1 saturated heterocycles. The number of amides is 1. The topological polar surface area (TPSA) is 42.0 Å². The fraction of sp³-hybridized carbons (Fsp3) is 0.688. The minimum atomic E-state index is -0.0804. The van der Waals surface area contributed by atoms with Crippen LogP contribution in [0.3, 0.4) is 0 Å². The molecule has 0 aliphatic carbocycles. The van der Waals surface area contributed by atoms with Gasteiger partial charge in [0.05, 0.1) is 5.57 Å².